The van der Waals surface area contributed by atoms with Gasteiger partial charge in [-0.15, -0.1) is 6.42 Å². The number of nitrogens with one attached hydrogen (secondary N) is 1. The van der Waals surface area contributed by atoms with Crippen molar-refractivity contribution in [3.63, 3.8) is 0 Å². The number of aromatic nitrogens is 3. The van der Waals surface area contributed by atoms with E-state index in [1.54, 1.807) is 12.4 Å². The lowest BCUT2D eigenvalue weighted by Gasteiger charge is -2.27. The number of hydrogen-bond acceptors (Lipinski definition) is 5. The lowest BCUT2D eigenvalue weighted by molar-refractivity contribution is 0.573. The minimum atomic E-state index is 0.579. The zero-order valence-electron chi connectivity index (χ0n) is 12.5. The zero-order valence-corrected chi connectivity index (χ0v) is 12.5. The maximum absolute atomic E-state index is 5.29. The fraction of sp³-hybridized carbons (Fsp3) is 0.353. The summed E-state index contributed by atoms with van der Waals surface area (Å²) >= 11 is 0. The Balaban J connectivity index is 1.63. The monoisotopic (exact) mass is 293 g/mol. The van der Waals surface area contributed by atoms with E-state index in [1.165, 1.54) is 24.8 Å². The minimum Gasteiger partial charge on any atom is -0.357 e. The van der Waals surface area contributed by atoms with Crippen LogP contribution in [0.15, 0.2) is 30.7 Å². The van der Waals surface area contributed by atoms with Crippen LogP contribution < -0.4 is 10.2 Å². The molecule has 1 saturated heterocycles. The van der Waals surface area contributed by atoms with E-state index in [-0.39, 0.29) is 0 Å². The Kier molecular flexibility index (Phi) is 4.50. The quantitative estimate of drug-likeness (QED) is 0.878. The number of anilines is 2. The third kappa shape index (κ3) is 3.53. The summed E-state index contributed by atoms with van der Waals surface area (Å²) in [4.78, 5) is 15.2. The average molecular weight is 293 g/mol. The first-order chi connectivity index (χ1) is 10.8. The van der Waals surface area contributed by atoms with E-state index < -0.39 is 0 Å². The van der Waals surface area contributed by atoms with Gasteiger partial charge in [0.2, 0.25) is 5.95 Å². The standard InChI is InChI=1S/C17H19N5/c1-2-14-11-19-17(20-12-14)21-13-15-6-7-18-16(10-15)22-8-4-3-5-9-22/h1,6-7,10-12H,3-5,8-9,13H2,(H,19,20,21). The minimum absolute atomic E-state index is 0.579. The fourth-order valence-electron chi connectivity index (χ4n) is 2.54. The average Bonchev–Trinajstić information content (AvgIpc) is 2.61. The van der Waals surface area contributed by atoms with Gasteiger partial charge in [0.15, 0.2) is 0 Å². The van der Waals surface area contributed by atoms with Crippen molar-refractivity contribution in [2.45, 2.75) is 25.8 Å². The first kappa shape index (κ1) is 14.3. The van der Waals surface area contributed by atoms with E-state index in [0.29, 0.717) is 18.1 Å². The molecule has 5 nitrogen and oxygen atoms in total. The molecule has 0 saturated carbocycles. The summed E-state index contributed by atoms with van der Waals surface area (Å²) in [5, 5.41) is 3.21. The molecule has 5 heteroatoms. The Morgan fingerprint density at radius 1 is 1.14 bits per heavy atom. The van der Waals surface area contributed by atoms with Gasteiger partial charge in [-0.3, -0.25) is 0 Å². The van der Waals surface area contributed by atoms with E-state index in [9.17, 15) is 0 Å². The Morgan fingerprint density at radius 3 is 2.64 bits per heavy atom. The molecule has 112 valence electrons. The second kappa shape index (κ2) is 6.90. The van der Waals surface area contributed by atoms with E-state index >= 15 is 0 Å². The second-order valence-corrected chi connectivity index (χ2v) is 5.36. The van der Waals surface area contributed by atoms with Crippen LogP contribution in [0.5, 0.6) is 0 Å². The Morgan fingerprint density at radius 2 is 1.91 bits per heavy atom. The topological polar surface area (TPSA) is 53.9 Å². The maximum Gasteiger partial charge on any atom is 0.222 e. The fourth-order valence-corrected chi connectivity index (χ4v) is 2.54. The van der Waals surface area contributed by atoms with Gasteiger partial charge in [-0.25, -0.2) is 15.0 Å². The molecule has 1 N–H and O–H groups in total. The molecule has 1 aliphatic heterocycles. The molecule has 0 atom stereocenters. The summed E-state index contributed by atoms with van der Waals surface area (Å²) in [5.41, 5.74) is 1.85. The molecule has 1 aliphatic rings. The van der Waals surface area contributed by atoms with Crippen molar-refractivity contribution in [3.8, 4) is 12.3 Å². The van der Waals surface area contributed by atoms with Gasteiger partial charge in [0, 0.05) is 38.2 Å². The Labute approximate surface area is 130 Å². The molecule has 0 spiro atoms. The van der Waals surface area contributed by atoms with Crippen LogP contribution in [0.1, 0.15) is 30.4 Å². The van der Waals surface area contributed by atoms with Gasteiger partial charge in [-0.05, 0) is 37.0 Å². The molecule has 0 amide bonds. The molecular weight excluding hydrogens is 274 g/mol. The number of nitrogens with zero attached hydrogens (tertiary/aromatic N) is 4. The number of hydrogen-bond donors (Lipinski definition) is 1. The molecule has 1 fully saturated rings. The van der Waals surface area contributed by atoms with Gasteiger partial charge in [0.05, 0.1) is 5.56 Å². The SMILES string of the molecule is C#Cc1cnc(NCc2ccnc(N3CCCCC3)c2)nc1. The molecule has 22 heavy (non-hydrogen) atoms. The molecule has 0 unspecified atom stereocenters. The highest BCUT2D eigenvalue weighted by Gasteiger charge is 2.12. The largest absolute Gasteiger partial charge is 0.357 e. The van der Waals surface area contributed by atoms with Crippen LogP contribution in [-0.4, -0.2) is 28.0 Å². The van der Waals surface area contributed by atoms with Crippen LogP contribution in [0.4, 0.5) is 11.8 Å². The van der Waals surface area contributed by atoms with E-state index in [2.05, 4.69) is 37.2 Å². The van der Waals surface area contributed by atoms with Crippen molar-refractivity contribution in [3.05, 3.63) is 41.9 Å². The predicted octanol–water partition coefficient (Wildman–Crippen LogP) is 2.46. The Hall–Kier alpha value is -2.61. The second-order valence-electron chi connectivity index (χ2n) is 5.36. The van der Waals surface area contributed by atoms with E-state index in [1.807, 2.05) is 12.3 Å². The van der Waals surface area contributed by atoms with Crippen molar-refractivity contribution in [1.29, 1.82) is 0 Å². The van der Waals surface area contributed by atoms with Crippen molar-refractivity contribution < 1.29 is 0 Å². The number of terminal acetylenes is 1. The van der Waals surface area contributed by atoms with E-state index in [0.717, 1.165) is 18.9 Å². The van der Waals surface area contributed by atoms with Gasteiger partial charge in [0.25, 0.3) is 0 Å². The van der Waals surface area contributed by atoms with Crippen LogP contribution in [0, 0.1) is 12.3 Å². The summed E-state index contributed by atoms with van der Waals surface area (Å²) in [6, 6.07) is 4.14. The van der Waals surface area contributed by atoms with Crippen LogP contribution in [0.25, 0.3) is 0 Å². The summed E-state index contributed by atoms with van der Waals surface area (Å²) in [6.07, 6.45) is 14.3. The molecule has 2 aromatic rings. The lowest BCUT2D eigenvalue weighted by atomic mass is 10.1. The summed E-state index contributed by atoms with van der Waals surface area (Å²) in [5.74, 6) is 4.14. The van der Waals surface area contributed by atoms with Crippen LogP contribution in [-0.2, 0) is 6.54 Å². The molecular formula is C17H19N5. The van der Waals surface area contributed by atoms with E-state index in [4.69, 9.17) is 6.42 Å². The third-order valence-electron chi connectivity index (χ3n) is 3.76. The highest BCUT2D eigenvalue weighted by molar-refractivity contribution is 5.42. The van der Waals surface area contributed by atoms with Crippen molar-refractivity contribution in [1.82, 2.24) is 15.0 Å². The summed E-state index contributed by atoms with van der Waals surface area (Å²) in [6.45, 7) is 2.86. The van der Waals surface area contributed by atoms with Crippen molar-refractivity contribution >= 4 is 11.8 Å². The summed E-state index contributed by atoms with van der Waals surface area (Å²) < 4.78 is 0. The molecule has 0 radical (unpaired) electrons. The van der Waals surface area contributed by atoms with Crippen molar-refractivity contribution in [2.24, 2.45) is 0 Å². The Bertz CT molecular complexity index is 653. The van der Waals surface area contributed by atoms with Crippen LogP contribution in [0.2, 0.25) is 0 Å². The molecule has 0 aliphatic carbocycles. The molecule has 3 heterocycles. The number of piperidine rings is 1. The highest BCUT2D eigenvalue weighted by atomic mass is 15.2. The van der Waals surface area contributed by atoms with Gasteiger partial charge < -0.3 is 10.2 Å². The zero-order chi connectivity index (χ0) is 15.2. The van der Waals surface area contributed by atoms with Crippen LogP contribution in [0.3, 0.4) is 0 Å². The molecule has 0 bridgehead atoms. The van der Waals surface area contributed by atoms with Gasteiger partial charge in [-0.2, -0.15) is 0 Å². The smallest absolute Gasteiger partial charge is 0.222 e. The number of pyridine rings is 1. The maximum atomic E-state index is 5.29. The predicted molar refractivity (Wildman–Crippen MR) is 87.6 cm³/mol. The lowest BCUT2D eigenvalue weighted by Crippen LogP contribution is -2.30. The first-order valence-corrected chi connectivity index (χ1v) is 7.57. The third-order valence-corrected chi connectivity index (χ3v) is 3.76. The van der Waals surface area contributed by atoms with Gasteiger partial charge in [0.1, 0.15) is 5.82 Å². The molecule has 2 aromatic heterocycles. The van der Waals surface area contributed by atoms with Gasteiger partial charge >= 0.3 is 0 Å². The van der Waals surface area contributed by atoms with Crippen LogP contribution >= 0.6 is 0 Å². The normalized spacial score (nSPS) is 14.4. The van der Waals surface area contributed by atoms with Crippen molar-refractivity contribution in [2.75, 3.05) is 23.3 Å². The first-order valence-electron chi connectivity index (χ1n) is 7.57. The van der Waals surface area contributed by atoms with Gasteiger partial charge in [-0.1, -0.05) is 5.92 Å². The highest BCUT2D eigenvalue weighted by Crippen LogP contribution is 2.18. The number of rotatable bonds is 4. The molecule has 0 aromatic carbocycles. The summed E-state index contributed by atoms with van der Waals surface area (Å²) in [7, 11) is 0. The molecule has 3 rings (SSSR count).